The molecule has 0 saturated carbocycles. The molecule has 2 nitrogen and oxygen atoms in total. The summed E-state index contributed by atoms with van der Waals surface area (Å²) in [7, 11) is 1.63. The Kier molecular flexibility index (Phi) is 3.90. The van der Waals surface area contributed by atoms with Crippen LogP contribution in [-0.4, -0.2) is 13.0 Å². The first kappa shape index (κ1) is 13.6. The summed E-state index contributed by atoms with van der Waals surface area (Å²) in [5.74, 6) is -0.929. The maximum absolute atomic E-state index is 13.7. The van der Waals surface area contributed by atoms with Crippen LogP contribution in [-0.2, 0) is 0 Å². The Bertz CT molecular complexity index is 627. The van der Waals surface area contributed by atoms with E-state index in [1.807, 2.05) is 31.2 Å². The smallest absolute Gasteiger partial charge is 0.261 e. The molecule has 0 spiro atoms. The predicted octanol–water partition coefficient (Wildman–Crippen LogP) is 3.70. The highest BCUT2D eigenvalue weighted by atomic mass is 32.1. The number of benzene rings is 2. The van der Waals surface area contributed by atoms with Gasteiger partial charge in [-0.05, 0) is 42.8 Å². The minimum Gasteiger partial charge on any atom is -0.311 e. The van der Waals surface area contributed by atoms with Crippen LogP contribution in [0.2, 0.25) is 0 Å². The third kappa shape index (κ3) is 2.96. The number of amides is 1. The molecule has 0 aliphatic heterocycles. The summed E-state index contributed by atoms with van der Waals surface area (Å²) in [6, 6.07) is 11.7. The molecule has 0 aliphatic carbocycles. The SMILES string of the molecule is Cc1cccc(N(C)C(=O)c2cc(S)ccc2F)c1. The first-order valence-electron chi connectivity index (χ1n) is 5.82. The second kappa shape index (κ2) is 5.45. The van der Waals surface area contributed by atoms with Crippen LogP contribution in [0.1, 0.15) is 15.9 Å². The third-order valence-electron chi connectivity index (χ3n) is 2.87. The van der Waals surface area contributed by atoms with E-state index in [0.717, 1.165) is 11.3 Å². The van der Waals surface area contributed by atoms with Crippen molar-refractivity contribution in [3.8, 4) is 0 Å². The Hall–Kier alpha value is -1.81. The number of nitrogens with zero attached hydrogens (tertiary/aromatic N) is 1. The van der Waals surface area contributed by atoms with Gasteiger partial charge in [-0.25, -0.2) is 4.39 Å². The average molecular weight is 275 g/mol. The highest BCUT2D eigenvalue weighted by Crippen LogP contribution is 2.20. The fraction of sp³-hybridized carbons (Fsp3) is 0.133. The van der Waals surface area contributed by atoms with Gasteiger partial charge in [-0.3, -0.25) is 4.79 Å². The minimum atomic E-state index is -0.540. The number of carbonyl (C=O) groups is 1. The lowest BCUT2D eigenvalue weighted by atomic mass is 10.1. The number of hydrogen-bond acceptors (Lipinski definition) is 2. The van der Waals surface area contributed by atoms with Crippen molar-refractivity contribution < 1.29 is 9.18 Å². The zero-order valence-electron chi connectivity index (χ0n) is 10.7. The molecule has 0 aliphatic rings. The number of rotatable bonds is 2. The van der Waals surface area contributed by atoms with Crippen molar-refractivity contribution in [2.24, 2.45) is 0 Å². The molecule has 2 rings (SSSR count). The van der Waals surface area contributed by atoms with Crippen molar-refractivity contribution in [2.45, 2.75) is 11.8 Å². The second-order valence-corrected chi connectivity index (χ2v) is 4.88. The van der Waals surface area contributed by atoms with Gasteiger partial charge in [-0.1, -0.05) is 12.1 Å². The Labute approximate surface area is 117 Å². The van der Waals surface area contributed by atoms with Crippen LogP contribution in [0.15, 0.2) is 47.4 Å². The number of anilines is 1. The number of halogens is 1. The van der Waals surface area contributed by atoms with Crippen LogP contribution in [0, 0.1) is 12.7 Å². The van der Waals surface area contributed by atoms with E-state index in [0.29, 0.717) is 4.90 Å². The fourth-order valence-electron chi connectivity index (χ4n) is 1.81. The molecule has 19 heavy (non-hydrogen) atoms. The molecule has 2 aromatic rings. The van der Waals surface area contributed by atoms with Gasteiger partial charge in [0.2, 0.25) is 0 Å². The van der Waals surface area contributed by atoms with Crippen LogP contribution in [0.5, 0.6) is 0 Å². The lowest BCUT2D eigenvalue weighted by molar-refractivity contribution is 0.0989. The van der Waals surface area contributed by atoms with Crippen LogP contribution in [0.4, 0.5) is 10.1 Å². The molecule has 2 aromatic carbocycles. The molecule has 0 saturated heterocycles. The van der Waals surface area contributed by atoms with Crippen molar-refractivity contribution in [3.63, 3.8) is 0 Å². The topological polar surface area (TPSA) is 20.3 Å². The van der Waals surface area contributed by atoms with E-state index in [1.54, 1.807) is 7.05 Å². The van der Waals surface area contributed by atoms with E-state index in [9.17, 15) is 9.18 Å². The van der Waals surface area contributed by atoms with Gasteiger partial charge in [-0.15, -0.1) is 12.6 Å². The van der Waals surface area contributed by atoms with Crippen LogP contribution in [0.25, 0.3) is 0 Å². The summed E-state index contributed by atoms with van der Waals surface area (Å²) in [5.41, 5.74) is 1.80. The molecule has 0 N–H and O–H groups in total. The highest BCUT2D eigenvalue weighted by Gasteiger charge is 2.17. The van der Waals surface area contributed by atoms with E-state index in [-0.39, 0.29) is 11.5 Å². The summed E-state index contributed by atoms with van der Waals surface area (Å²) in [6.07, 6.45) is 0. The van der Waals surface area contributed by atoms with Crippen molar-refractivity contribution >= 4 is 24.2 Å². The molecule has 0 bridgehead atoms. The summed E-state index contributed by atoms with van der Waals surface area (Å²) < 4.78 is 13.7. The Morgan fingerprint density at radius 1 is 1.21 bits per heavy atom. The van der Waals surface area contributed by atoms with Gasteiger partial charge in [0.1, 0.15) is 5.82 Å². The van der Waals surface area contributed by atoms with Crippen LogP contribution in [0.3, 0.4) is 0 Å². The largest absolute Gasteiger partial charge is 0.311 e. The van der Waals surface area contributed by atoms with Gasteiger partial charge >= 0.3 is 0 Å². The van der Waals surface area contributed by atoms with Crippen LogP contribution < -0.4 is 4.90 Å². The number of carbonyl (C=O) groups excluding carboxylic acids is 1. The molecule has 0 unspecified atom stereocenters. The number of thiol groups is 1. The lowest BCUT2D eigenvalue weighted by Gasteiger charge is -2.18. The fourth-order valence-corrected chi connectivity index (χ4v) is 2.02. The van der Waals surface area contributed by atoms with E-state index in [2.05, 4.69) is 12.6 Å². The third-order valence-corrected chi connectivity index (χ3v) is 3.15. The molecule has 0 atom stereocenters. The Balaban J connectivity index is 2.36. The summed E-state index contributed by atoms with van der Waals surface area (Å²) in [6.45, 7) is 1.94. The van der Waals surface area contributed by atoms with Gasteiger partial charge in [-0.2, -0.15) is 0 Å². The minimum absolute atomic E-state index is 0.0245. The molecule has 1 amide bonds. The maximum atomic E-state index is 13.7. The van der Waals surface area contributed by atoms with Crippen molar-refractivity contribution in [1.29, 1.82) is 0 Å². The predicted molar refractivity (Wildman–Crippen MR) is 77.6 cm³/mol. The maximum Gasteiger partial charge on any atom is 0.261 e. The monoisotopic (exact) mass is 275 g/mol. The number of hydrogen-bond donors (Lipinski definition) is 1. The van der Waals surface area contributed by atoms with E-state index in [1.165, 1.54) is 23.1 Å². The quantitative estimate of drug-likeness (QED) is 0.829. The van der Waals surface area contributed by atoms with Crippen molar-refractivity contribution in [3.05, 3.63) is 59.4 Å². The van der Waals surface area contributed by atoms with Gasteiger partial charge in [0.15, 0.2) is 0 Å². The standard InChI is InChI=1S/C15H14FNOS/c1-10-4-3-5-11(8-10)17(2)15(18)13-9-12(19)6-7-14(13)16/h3-9,19H,1-2H3. The van der Waals surface area contributed by atoms with E-state index in [4.69, 9.17) is 0 Å². The van der Waals surface area contributed by atoms with Gasteiger partial charge in [0.25, 0.3) is 5.91 Å². The normalized spacial score (nSPS) is 10.3. The Morgan fingerprint density at radius 3 is 2.63 bits per heavy atom. The molecule has 0 heterocycles. The molecular formula is C15H14FNOS. The van der Waals surface area contributed by atoms with Gasteiger partial charge in [0, 0.05) is 17.6 Å². The summed E-state index contributed by atoms with van der Waals surface area (Å²) >= 11 is 4.13. The van der Waals surface area contributed by atoms with Crippen molar-refractivity contribution in [1.82, 2.24) is 0 Å². The van der Waals surface area contributed by atoms with Gasteiger partial charge in [0.05, 0.1) is 5.56 Å². The number of aryl methyl sites for hydroxylation is 1. The van der Waals surface area contributed by atoms with E-state index >= 15 is 0 Å². The second-order valence-electron chi connectivity index (χ2n) is 4.37. The molecule has 98 valence electrons. The first-order chi connectivity index (χ1) is 8.99. The highest BCUT2D eigenvalue weighted by molar-refractivity contribution is 7.80. The molecule has 4 heteroatoms. The zero-order chi connectivity index (χ0) is 14.0. The molecule has 0 aromatic heterocycles. The Morgan fingerprint density at radius 2 is 1.95 bits per heavy atom. The summed E-state index contributed by atoms with van der Waals surface area (Å²) in [5, 5.41) is 0. The lowest BCUT2D eigenvalue weighted by Crippen LogP contribution is -2.27. The molecule has 0 fully saturated rings. The first-order valence-corrected chi connectivity index (χ1v) is 6.27. The van der Waals surface area contributed by atoms with Crippen molar-refractivity contribution in [2.75, 3.05) is 11.9 Å². The van der Waals surface area contributed by atoms with Crippen LogP contribution >= 0.6 is 12.6 Å². The van der Waals surface area contributed by atoms with Gasteiger partial charge < -0.3 is 4.90 Å². The van der Waals surface area contributed by atoms with E-state index < -0.39 is 5.82 Å². The average Bonchev–Trinajstić information content (AvgIpc) is 2.40. The molecular weight excluding hydrogens is 261 g/mol. The summed E-state index contributed by atoms with van der Waals surface area (Å²) in [4.78, 5) is 14.3. The zero-order valence-corrected chi connectivity index (χ0v) is 11.6. The molecule has 0 radical (unpaired) electrons.